The second-order valence-electron chi connectivity index (χ2n) is 5.86. The third kappa shape index (κ3) is 28.3. The summed E-state index contributed by atoms with van der Waals surface area (Å²) in [5, 5.41) is 0. The van der Waals surface area contributed by atoms with Gasteiger partial charge >= 0.3 is 0 Å². The van der Waals surface area contributed by atoms with Crippen molar-refractivity contribution in [3.63, 3.8) is 0 Å². The Labute approximate surface area is 130 Å². The van der Waals surface area contributed by atoms with Gasteiger partial charge in [-0.1, -0.05) is 30.7 Å². The van der Waals surface area contributed by atoms with E-state index in [1.165, 1.54) is 10.5 Å². The maximum Gasteiger partial charge on any atom is 0.217 e. The molecule has 0 saturated heterocycles. The van der Waals surface area contributed by atoms with Crippen molar-refractivity contribution in [1.29, 1.82) is 0 Å². The normalized spacial score (nSPS) is 13.0. The van der Waals surface area contributed by atoms with Gasteiger partial charge in [0.15, 0.2) is 0 Å². The molecule has 0 aromatic carbocycles. The number of rotatable bonds is 8. The molecule has 0 aliphatic carbocycles. The van der Waals surface area contributed by atoms with Crippen molar-refractivity contribution in [2.45, 2.75) is 40.0 Å². The van der Waals surface area contributed by atoms with Crippen LogP contribution in [0, 0.1) is 5.92 Å². The van der Waals surface area contributed by atoms with Crippen LogP contribution in [0.25, 0.3) is 0 Å². The van der Waals surface area contributed by atoms with Crippen molar-refractivity contribution in [2.75, 3.05) is 27.7 Å². The Bertz CT molecular complexity index is 393. The SMILES string of the molecule is CC(C)=CCC[C@@H](C)C/C=C/COS(=O)(=O)[O-].C[NH+](C)C. The molecule has 0 aromatic heterocycles. The van der Waals surface area contributed by atoms with Crippen molar-refractivity contribution in [3.8, 4) is 0 Å². The molecule has 0 radical (unpaired) electrons. The fourth-order valence-electron chi connectivity index (χ4n) is 1.29. The molecular weight excluding hydrogens is 290 g/mol. The fraction of sp³-hybridized carbons (Fsp3) is 0.733. The van der Waals surface area contributed by atoms with E-state index in [-0.39, 0.29) is 6.61 Å². The van der Waals surface area contributed by atoms with Crippen LogP contribution in [0.3, 0.4) is 0 Å². The highest BCUT2D eigenvalue weighted by molar-refractivity contribution is 7.80. The van der Waals surface area contributed by atoms with E-state index < -0.39 is 10.4 Å². The smallest absolute Gasteiger partial charge is 0.217 e. The molecule has 0 fully saturated rings. The molecule has 1 atom stereocenters. The second kappa shape index (κ2) is 13.0. The number of hydrogen-bond acceptors (Lipinski definition) is 4. The largest absolute Gasteiger partial charge is 0.726 e. The van der Waals surface area contributed by atoms with Gasteiger partial charge in [-0.15, -0.1) is 0 Å². The Morgan fingerprint density at radius 3 is 2.19 bits per heavy atom. The third-order valence-corrected chi connectivity index (χ3v) is 2.65. The van der Waals surface area contributed by atoms with Gasteiger partial charge in [-0.05, 0) is 39.0 Å². The molecular formula is C15H31NO4S. The van der Waals surface area contributed by atoms with Crippen molar-refractivity contribution < 1.29 is 22.1 Å². The lowest BCUT2D eigenvalue weighted by Crippen LogP contribution is -3.02. The molecule has 0 aliphatic rings. The first kappa shape index (κ1) is 22.6. The summed E-state index contributed by atoms with van der Waals surface area (Å²) < 4.78 is 34.4. The molecule has 0 aromatic rings. The van der Waals surface area contributed by atoms with Crippen LogP contribution in [0.1, 0.15) is 40.0 Å². The van der Waals surface area contributed by atoms with E-state index in [0.717, 1.165) is 19.3 Å². The highest BCUT2D eigenvalue weighted by atomic mass is 32.3. The minimum atomic E-state index is -4.56. The number of hydrogen-bond donors (Lipinski definition) is 1. The molecule has 0 heterocycles. The van der Waals surface area contributed by atoms with Crippen molar-refractivity contribution in [2.24, 2.45) is 5.92 Å². The minimum absolute atomic E-state index is 0.174. The number of nitrogens with one attached hydrogen (secondary N) is 1. The monoisotopic (exact) mass is 321 g/mol. The Kier molecular flexibility index (Phi) is 14.0. The first-order valence-electron chi connectivity index (χ1n) is 7.20. The molecule has 21 heavy (non-hydrogen) atoms. The molecule has 0 unspecified atom stereocenters. The Balaban J connectivity index is 0. The second-order valence-corrected chi connectivity index (χ2v) is 6.92. The molecule has 5 nitrogen and oxygen atoms in total. The van der Waals surface area contributed by atoms with Gasteiger partial charge in [-0.2, -0.15) is 0 Å². The summed E-state index contributed by atoms with van der Waals surface area (Å²) in [5.74, 6) is 0.533. The van der Waals surface area contributed by atoms with Crippen LogP contribution in [0.5, 0.6) is 0 Å². The molecule has 0 rings (SSSR count). The van der Waals surface area contributed by atoms with Crippen LogP contribution in [0.15, 0.2) is 23.8 Å². The molecule has 0 spiro atoms. The first-order chi connectivity index (χ1) is 9.54. The predicted molar refractivity (Wildman–Crippen MR) is 86.0 cm³/mol. The zero-order chi connectivity index (χ0) is 16.9. The summed E-state index contributed by atoms with van der Waals surface area (Å²) in [6.45, 7) is 6.11. The van der Waals surface area contributed by atoms with Gasteiger partial charge in [-0.3, -0.25) is 4.18 Å². The van der Waals surface area contributed by atoms with Gasteiger partial charge < -0.3 is 9.45 Å². The lowest BCUT2D eigenvalue weighted by Gasteiger charge is -2.07. The van der Waals surface area contributed by atoms with Crippen LogP contribution in [0.4, 0.5) is 0 Å². The van der Waals surface area contributed by atoms with Crippen molar-refractivity contribution in [3.05, 3.63) is 23.8 Å². The standard InChI is InChI=1S/C12H22O4S.C3H9N/c1-11(2)7-6-9-12(3)8-4-5-10-16-17(13,14)15;1-4(2)3/h4-5,7,12H,6,8-10H2,1-3H3,(H,13,14,15);1-3H3/b5-4+;/t12-;/m0./s1. The van der Waals surface area contributed by atoms with Gasteiger partial charge in [0.05, 0.1) is 27.7 Å². The Morgan fingerprint density at radius 2 is 1.76 bits per heavy atom. The van der Waals surface area contributed by atoms with Crippen molar-refractivity contribution >= 4 is 10.4 Å². The summed E-state index contributed by atoms with van der Waals surface area (Å²) in [4.78, 5) is 1.42. The van der Waals surface area contributed by atoms with Crippen LogP contribution in [-0.4, -0.2) is 40.7 Å². The van der Waals surface area contributed by atoms with Crippen molar-refractivity contribution in [1.82, 2.24) is 0 Å². The molecule has 126 valence electrons. The van der Waals surface area contributed by atoms with E-state index in [1.807, 2.05) is 6.08 Å². The Hall–Kier alpha value is -0.690. The van der Waals surface area contributed by atoms with Gasteiger partial charge in [0.1, 0.15) is 0 Å². The summed E-state index contributed by atoms with van der Waals surface area (Å²) >= 11 is 0. The maximum atomic E-state index is 10.1. The average molecular weight is 321 g/mol. The van der Waals surface area contributed by atoms with Crippen LogP contribution < -0.4 is 4.90 Å². The molecule has 0 bridgehead atoms. The molecule has 0 aliphatic heterocycles. The third-order valence-electron chi connectivity index (χ3n) is 2.23. The summed E-state index contributed by atoms with van der Waals surface area (Å²) in [5.41, 5.74) is 1.32. The lowest BCUT2D eigenvalue weighted by molar-refractivity contribution is -0.836. The Morgan fingerprint density at radius 1 is 1.24 bits per heavy atom. The van der Waals surface area contributed by atoms with Crippen LogP contribution >= 0.6 is 0 Å². The van der Waals surface area contributed by atoms with Gasteiger partial charge in [0, 0.05) is 0 Å². The zero-order valence-electron chi connectivity index (χ0n) is 14.2. The molecule has 0 saturated carbocycles. The highest BCUT2D eigenvalue weighted by Gasteiger charge is 1.98. The maximum absolute atomic E-state index is 10.1. The first-order valence-corrected chi connectivity index (χ1v) is 8.53. The van der Waals surface area contributed by atoms with E-state index in [4.69, 9.17) is 0 Å². The zero-order valence-corrected chi connectivity index (χ0v) is 15.0. The van der Waals surface area contributed by atoms with Crippen LogP contribution in [-0.2, 0) is 14.6 Å². The summed E-state index contributed by atoms with van der Waals surface area (Å²) in [6, 6.07) is 0. The fourth-order valence-corrected chi connectivity index (χ4v) is 1.54. The average Bonchev–Trinajstić information content (AvgIpc) is 2.25. The van der Waals surface area contributed by atoms with Gasteiger partial charge in [0.2, 0.25) is 10.4 Å². The van der Waals surface area contributed by atoms with E-state index in [0.29, 0.717) is 5.92 Å². The molecule has 6 heteroatoms. The lowest BCUT2D eigenvalue weighted by atomic mass is 10.0. The van der Waals surface area contributed by atoms with Gasteiger partial charge in [0.25, 0.3) is 0 Å². The predicted octanol–water partition coefficient (Wildman–Crippen LogP) is 1.55. The summed E-state index contributed by atoms with van der Waals surface area (Å²) in [6.07, 6.45) is 8.62. The van der Waals surface area contributed by atoms with Crippen LogP contribution in [0.2, 0.25) is 0 Å². The topological polar surface area (TPSA) is 70.9 Å². The highest BCUT2D eigenvalue weighted by Crippen LogP contribution is 2.12. The molecule has 1 N–H and O–H groups in total. The molecule has 0 amide bonds. The summed E-state index contributed by atoms with van der Waals surface area (Å²) in [7, 11) is 1.69. The van der Waals surface area contributed by atoms with E-state index >= 15 is 0 Å². The van der Waals surface area contributed by atoms with E-state index in [2.05, 4.69) is 52.2 Å². The minimum Gasteiger partial charge on any atom is -0.726 e. The number of quaternary nitrogens is 1. The van der Waals surface area contributed by atoms with E-state index in [1.54, 1.807) is 6.08 Å². The van der Waals surface area contributed by atoms with Gasteiger partial charge in [-0.25, -0.2) is 8.42 Å². The number of allylic oxidation sites excluding steroid dienone is 3. The quantitative estimate of drug-likeness (QED) is 0.418. The van der Waals surface area contributed by atoms with E-state index in [9.17, 15) is 13.0 Å².